The zero-order valence-electron chi connectivity index (χ0n) is 14.3. The van der Waals surface area contributed by atoms with Crippen molar-refractivity contribution in [3.63, 3.8) is 0 Å². The zero-order valence-corrected chi connectivity index (χ0v) is 15.1. The van der Waals surface area contributed by atoms with Crippen molar-refractivity contribution in [2.75, 3.05) is 10.6 Å². The molecule has 0 radical (unpaired) electrons. The topological polar surface area (TPSA) is 58.2 Å². The number of rotatable bonds is 5. The predicted octanol–water partition coefficient (Wildman–Crippen LogP) is 4.42. The van der Waals surface area contributed by atoms with Crippen LogP contribution in [0, 0.1) is 18.8 Å². The molecule has 0 aromatic heterocycles. The highest BCUT2D eigenvalue weighted by Gasteiger charge is 2.48. The number of carbonyl (C=O) groups excluding carboxylic acids is 2. The minimum atomic E-state index is -0.301. The van der Waals surface area contributed by atoms with Gasteiger partial charge in [-0.2, -0.15) is 0 Å². The van der Waals surface area contributed by atoms with Crippen LogP contribution in [0.25, 0.3) is 0 Å². The summed E-state index contributed by atoms with van der Waals surface area (Å²) in [7, 11) is 0. The molecule has 2 aromatic carbocycles. The molecule has 0 aliphatic heterocycles. The Bertz CT molecular complexity index is 819. The first-order valence-electron chi connectivity index (χ1n) is 8.46. The summed E-state index contributed by atoms with van der Waals surface area (Å²) in [5.74, 6) is -0.839. The molecule has 2 aromatic rings. The Morgan fingerprint density at radius 2 is 1.72 bits per heavy atom. The van der Waals surface area contributed by atoms with E-state index >= 15 is 0 Å². The Balaban J connectivity index is 1.63. The van der Waals surface area contributed by atoms with Gasteiger partial charge in [0.15, 0.2) is 0 Å². The molecule has 0 spiro atoms. The summed E-state index contributed by atoms with van der Waals surface area (Å²) in [6.07, 6.45) is 1.41. The van der Waals surface area contributed by atoms with Crippen LogP contribution in [0.2, 0.25) is 5.02 Å². The van der Waals surface area contributed by atoms with Crippen LogP contribution in [0.3, 0.4) is 0 Å². The molecule has 0 heterocycles. The molecule has 1 aliphatic carbocycles. The van der Waals surface area contributed by atoms with Crippen LogP contribution in [0.5, 0.6) is 0 Å². The molecule has 1 saturated carbocycles. The summed E-state index contributed by atoms with van der Waals surface area (Å²) >= 11 is 6.06. The van der Waals surface area contributed by atoms with Crippen molar-refractivity contribution < 1.29 is 9.59 Å². The Labute approximate surface area is 152 Å². The highest BCUT2D eigenvalue weighted by Crippen LogP contribution is 2.41. The van der Waals surface area contributed by atoms with Crippen molar-refractivity contribution in [1.29, 1.82) is 0 Å². The number of amides is 2. The number of para-hydroxylation sites is 2. The normalized spacial score (nSPS) is 18.5. The van der Waals surface area contributed by atoms with E-state index in [2.05, 4.69) is 17.6 Å². The fraction of sp³-hybridized carbons (Fsp3) is 0.300. The van der Waals surface area contributed by atoms with Crippen LogP contribution in [-0.4, -0.2) is 11.8 Å². The number of hydrogen-bond donors (Lipinski definition) is 2. The van der Waals surface area contributed by atoms with Crippen LogP contribution in [0.1, 0.15) is 24.5 Å². The van der Waals surface area contributed by atoms with Gasteiger partial charge in [0.2, 0.25) is 11.8 Å². The lowest BCUT2D eigenvalue weighted by Gasteiger charge is -2.13. The maximum atomic E-state index is 12.5. The number of aryl methyl sites for hydroxylation is 2. The lowest BCUT2D eigenvalue weighted by Crippen LogP contribution is -2.21. The number of hydrogen-bond acceptors (Lipinski definition) is 2. The second-order valence-corrected chi connectivity index (χ2v) is 6.78. The van der Waals surface area contributed by atoms with Gasteiger partial charge in [0.1, 0.15) is 0 Å². The third-order valence-corrected chi connectivity index (χ3v) is 4.91. The summed E-state index contributed by atoms with van der Waals surface area (Å²) in [6.45, 7) is 4.03. The molecule has 5 heteroatoms. The summed E-state index contributed by atoms with van der Waals surface area (Å²) in [5, 5.41) is 6.30. The number of halogens is 1. The van der Waals surface area contributed by atoms with Gasteiger partial charge in [-0.25, -0.2) is 0 Å². The summed E-state index contributed by atoms with van der Waals surface area (Å²) in [4.78, 5) is 24.8. The van der Waals surface area contributed by atoms with E-state index in [0.29, 0.717) is 17.1 Å². The lowest BCUT2D eigenvalue weighted by molar-refractivity contribution is -0.122. The monoisotopic (exact) mass is 356 g/mol. The van der Waals surface area contributed by atoms with Gasteiger partial charge < -0.3 is 10.6 Å². The average molecular weight is 357 g/mol. The van der Waals surface area contributed by atoms with Crippen molar-refractivity contribution in [3.05, 3.63) is 58.6 Å². The van der Waals surface area contributed by atoms with Gasteiger partial charge >= 0.3 is 0 Å². The van der Waals surface area contributed by atoms with E-state index < -0.39 is 0 Å². The standard InChI is InChI=1S/C20H21ClN2O2/c1-3-13-8-6-7-12(2)18(13)23-20(25)15-11-14(15)19(24)22-17-10-5-4-9-16(17)21/h4-10,14-15H,3,11H2,1-2H3,(H,22,24)(H,23,25). The Kier molecular flexibility index (Phi) is 5.09. The van der Waals surface area contributed by atoms with Gasteiger partial charge in [0, 0.05) is 5.69 Å². The van der Waals surface area contributed by atoms with E-state index in [4.69, 9.17) is 11.6 Å². The molecule has 0 saturated heterocycles. The molecule has 130 valence electrons. The third kappa shape index (κ3) is 3.85. The fourth-order valence-electron chi connectivity index (χ4n) is 2.98. The zero-order chi connectivity index (χ0) is 18.0. The summed E-state index contributed by atoms with van der Waals surface area (Å²) < 4.78 is 0. The van der Waals surface area contributed by atoms with Crippen LogP contribution in [-0.2, 0) is 16.0 Å². The second-order valence-electron chi connectivity index (χ2n) is 6.37. The van der Waals surface area contributed by atoms with E-state index in [1.807, 2.05) is 31.2 Å². The van der Waals surface area contributed by atoms with Gasteiger partial charge in [-0.05, 0) is 43.0 Å². The first-order chi connectivity index (χ1) is 12.0. The van der Waals surface area contributed by atoms with E-state index in [-0.39, 0.29) is 23.7 Å². The first-order valence-corrected chi connectivity index (χ1v) is 8.83. The van der Waals surface area contributed by atoms with Crippen LogP contribution >= 0.6 is 11.6 Å². The summed E-state index contributed by atoms with van der Waals surface area (Å²) in [5.41, 5.74) is 3.58. The molecule has 2 N–H and O–H groups in total. The predicted molar refractivity (Wildman–Crippen MR) is 101 cm³/mol. The molecule has 0 bridgehead atoms. The molecule has 1 fully saturated rings. The highest BCUT2D eigenvalue weighted by molar-refractivity contribution is 6.33. The SMILES string of the molecule is CCc1cccc(C)c1NC(=O)C1CC1C(=O)Nc1ccccc1Cl. The van der Waals surface area contributed by atoms with Crippen LogP contribution < -0.4 is 10.6 Å². The van der Waals surface area contributed by atoms with Gasteiger partial charge in [-0.15, -0.1) is 0 Å². The molecule has 2 atom stereocenters. The Hall–Kier alpha value is -2.33. The summed E-state index contributed by atoms with van der Waals surface area (Å²) in [6, 6.07) is 13.1. The third-order valence-electron chi connectivity index (χ3n) is 4.58. The quantitative estimate of drug-likeness (QED) is 0.832. The Morgan fingerprint density at radius 3 is 2.40 bits per heavy atom. The van der Waals surface area contributed by atoms with Gasteiger partial charge in [-0.1, -0.05) is 48.9 Å². The average Bonchev–Trinajstić information content (AvgIpc) is 3.39. The maximum Gasteiger partial charge on any atom is 0.228 e. The van der Waals surface area contributed by atoms with E-state index in [1.54, 1.807) is 18.2 Å². The van der Waals surface area contributed by atoms with E-state index in [0.717, 1.165) is 23.2 Å². The number of anilines is 2. The number of benzene rings is 2. The Morgan fingerprint density at radius 1 is 1.04 bits per heavy atom. The largest absolute Gasteiger partial charge is 0.325 e. The smallest absolute Gasteiger partial charge is 0.228 e. The molecule has 2 unspecified atom stereocenters. The maximum absolute atomic E-state index is 12.5. The molecule has 25 heavy (non-hydrogen) atoms. The van der Waals surface area contributed by atoms with Crippen molar-refractivity contribution in [2.45, 2.75) is 26.7 Å². The van der Waals surface area contributed by atoms with Gasteiger partial charge in [0.05, 0.1) is 22.5 Å². The number of carbonyl (C=O) groups is 2. The van der Waals surface area contributed by atoms with Crippen molar-refractivity contribution in [1.82, 2.24) is 0 Å². The van der Waals surface area contributed by atoms with Crippen molar-refractivity contribution in [2.24, 2.45) is 11.8 Å². The lowest BCUT2D eigenvalue weighted by atomic mass is 10.1. The second kappa shape index (κ2) is 7.28. The first kappa shape index (κ1) is 17.5. The molecule has 2 amide bonds. The fourth-order valence-corrected chi connectivity index (χ4v) is 3.16. The molecular weight excluding hydrogens is 336 g/mol. The van der Waals surface area contributed by atoms with Gasteiger partial charge in [0.25, 0.3) is 0 Å². The van der Waals surface area contributed by atoms with Crippen molar-refractivity contribution in [3.8, 4) is 0 Å². The van der Waals surface area contributed by atoms with Crippen LogP contribution in [0.4, 0.5) is 11.4 Å². The molecule has 1 aliphatic rings. The van der Waals surface area contributed by atoms with Gasteiger partial charge in [-0.3, -0.25) is 9.59 Å². The van der Waals surface area contributed by atoms with E-state index in [1.165, 1.54) is 0 Å². The molecule has 3 rings (SSSR count). The minimum Gasteiger partial charge on any atom is -0.325 e. The minimum absolute atomic E-state index is 0.0942. The van der Waals surface area contributed by atoms with Crippen molar-refractivity contribution >= 4 is 34.8 Å². The van der Waals surface area contributed by atoms with Crippen LogP contribution in [0.15, 0.2) is 42.5 Å². The molecular formula is C20H21ClN2O2. The highest BCUT2D eigenvalue weighted by atomic mass is 35.5. The van der Waals surface area contributed by atoms with E-state index in [9.17, 15) is 9.59 Å². The number of nitrogens with one attached hydrogen (secondary N) is 2. The molecule has 4 nitrogen and oxygen atoms in total.